The number of carbonyl (C=O) groups excluding carboxylic acids is 1. The molecule has 3 N–H and O–H groups in total. The average Bonchev–Trinajstić information content (AvgIpc) is 2.83. The number of para-hydroxylation sites is 1. The molecule has 0 aliphatic carbocycles. The van der Waals surface area contributed by atoms with E-state index in [2.05, 4.69) is 20.6 Å². The number of aromatic carboxylic acids is 1. The lowest BCUT2D eigenvalue weighted by Crippen LogP contribution is -2.29. The summed E-state index contributed by atoms with van der Waals surface area (Å²) in [6.07, 6.45) is 1.90. The van der Waals surface area contributed by atoms with E-state index in [1.807, 2.05) is 42.2 Å². The first-order chi connectivity index (χ1) is 14.0. The van der Waals surface area contributed by atoms with Gasteiger partial charge in [-0.25, -0.2) is 9.78 Å². The predicted octanol–water partition coefficient (Wildman–Crippen LogP) is 3.79. The average molecular weight is 389 g/mol. The molecular formula is C21H19N5O3. The van der Waals surface area contributed by atoms with Crippen LogP contribution in [0.5, 0.6) is 0 Å². The highest BCUT2D eigenvalue weighted by Crippen LogP contribution is 2.36. The second-order valence-electron chi connectivity index (χ2n) is 6.75. The molecular weight excluding hydrogens is 370 g/mol. The van der Waals surface area contributed by atoms with E-state index in [1.54, 1.807) is 18.3 Å². The third-order valence-electron chi connectivity index (χ3n) is 4.61. The van der Waals surface area contributed by atoms with E-state index >= 15 is 0 Å². The lowest BCUT2D eigenvalue weighted by atomic mass is 10.1. The summed E-state index contributed by atoms with van der Waals surface area (Å²) in [5, 5.41) is 15.0. The van der Waals surface area contributed by atoms with Crippen LogP contribution in [0.25, 0.3) is 0 Å². The van der Waals surface area contributed by atoms with Crippen molar-refractivity contribution in [2.24, 2.45) is 0 Å². The summed E-state index contributed by atoms with van der Waals surface area (Å²) in [5.74, 6) is -0.142. The zero-order valence-corrected chi connectivity index (χ0v) is 15.7. The first kappa shape index (κ1) is 18.4. The molecule has 0 radical (unpaired) electrons. The van der Waals surface area contributed by atoms with Gasteiger partial charge in [0.25, 0.3) is 0 Å². The van der Waals surface area contributed by atoms with Crippen LogP contribution >= 0.6 is 0 Å². The molecule has 0 bridgehead atoms. The molecule has 1 amide bonds. The van der Waals surface area contributed by atoms with Crippen LogP contribution in [0.3, 0.4) is 0 Å². The third kappa shape index (κ3) is 3.86. The van der Waals surface area contributed by atoms with Crippen LogP contribution in [-0.4, -0.2) is 33.0 Å². The lowest BCUT2D eigenvalue weighted by molar-refractivity contribution is -0.116. The van der Waals surface area contributed by atoms with Crippen molar-refractivity contribution in [2.75, 3.05) is 15.5 Å². The second-order valence-corrected chi connectivity index (χ2v) is 6.75. The Morgan fingerprint density at radius 3 is 2.59 bits per heavy atom. The topological polar surface area (TPSA) is 107 Å². The summed E-state index contributed by atoms with van der Waals surface area (Å²) >= 11 is 0. The molecule has 1 aliphatic heterocycles. The Labute approximate surface area is 167 Å². The van der Waals surface area contributed by atoms with E-state index in [9.17, 15) is 9.59 Å². The van der Waals surface area contributed by atoms with Gasteiger partial charge in [-0.3, -0.25) is 4.79 Å². The van der Waals surface area contributed by atoms with Gasteiger partial charge in [0.05, 0.1) is 11.8 Å². The SMILES string of the molecule is CC1CC(=O)Nc2cnc(Nc3ccc(C(=O)O)cc3)nc2N1c1ccccc1. The van der Waals surface area contributed by atoms with Crippen molar-refractivity contribution in [1.82, 2.24) is 9.97 Å². The minimum Gasteiger partial charge on any atom is -0.478 e. The molecule has 1 aliphatic rings. The molecule has 4 rings (SSSR count). The van der Waals surface area contributed by atoms with Crippen molar-refractivity contribution in [1.29, 1.82) is 0 Å². The Balaban J connectivity index is 1.71. The van der Waals surface area contributed by atoms with Crippen molar-refractivity contribution in [3.63, 3.8) is 0 Å². The second kappa shape index (κ2) is 7.59. The summed E-state index contributed by atoms with van der Waals surface area (Å²) in [5.41, 5.74) is 2.32. The Morgan fingerprint density at radius 2 is 1.90 bits per heavy atom. The van der Waals surface area contributed by atoms with Gasteiger partial charge in [-0.2, -0.15) is 4.98 Å². The number of aromatic nitrogens is 2. The molecule has 0 saturated heterocycles. The summed E-state index contributed by atoms with van der Waals surface area (Å²) in [7, 11) is 0. The molecule has 1 unspecified atom stereocenters. The van der Waals surface area contributed by atoms with E-state index in [0.29, 0.717) is 29.6 Å². The minimum absolute atomic E-state index is 0.0919. The molecule has 29 heavy (non-hydrogen) atoms. The van der Waals surface area contributed by atoms with Gasteiger partial charge in [-0.05, 0) is 43.3 Å². The molecule has 1 atom stereocenters. The number of nitrogens with one attached hydrogen (secondary N) is 2. The molecule has 3 aromatic rings. The van der Waals surface area contributed by atoms with E-state index in [1.165, 1.54) is 12.1 Å². The molecule has 1 aromatic heterocycles. The zero-order valence-electron chi connectivity index (χ0n) is 15.7. The number of anilines is 5. The number of fused-ring (bicyclic) bond motifs is 1. The van der Waals surface area contributed by atoms with Gasteiger partial charge in [0.1, 0.15) is 5.69 Å². The van der Waals surface area contributed by atoms with E-state index < -0.39 is 5.97 Å². The highest BCUT2D eigenvalue weighted by molar-refractivity contribution is 5.97. The molecule has 146 valence electrons. The standard InChI is InChI=1S/C21H19N5O3/c1-13-11-18(27)24-17-12-22-21(23-15-9-7-14(8-10-15)20(28)29)25-19(17)26(13)16-5-3-2-4-6-16/h2-10,12-13H,11H2,1H3,(H,24,27)(H,28,29)(H,22,23,25). The summed E-state index contributed by atoms with van der Waals surface area (Å²) in [6.45, 7) is 1.97. The van der Waals surface area contributed by atoms with Gasteiger partial charge in [0, 0.05) is 23.8 Å². The number of carboxylic acid groups (broad SMARTS) is 1. The fraction of sp³-hybridized carbons (Fsp3) is 0.143. The first-order valence-corrected chi connectivity index (χ1v) is 9.13. The monoisotopic (exact) mass is 389 g/mol. The maximum Gasteiger partial charge on any atom is 0.335 e. The van der Waals surface area contributed by atoms with Gasteiger partial charge in [-0.1, -0.05) is 18.2 Å². The van der Waals surface area contributed by atoms with Crippen LogP contribution in [0.4, 0.5) is 28.8 Å². The van der Waals surface area contributed by atoms with Crippen molar-refractivity contribution >= 4 is 40.7 Å². The number of carbonyl (C=O) groups is 2. The smallest absolute Gasteiger partial charge is 0.335 e. The maximum absolute atomic E-state index is 12.2. The quantitative estimate of drug-likeness (QED) is 0.623. The Hall–Kier alpha value is -3.94. The number of hydrogen-bond acceptors (Lipinski definition) is 6. The van der Waals surface area contributed by atoms with Crippen LogP contribution in [0.1, 0.15) is 23.7 Å². The number of carboxylic acids is 1. The predicted molar refractivity (Wildman–Crippen MR) is 110 cm³/mol. The van der Waals surface area contributed by atoms with Crippen molar-refractivity contribution < 1.29 is 14.7 Å². The van der Waals surface area contributed by atoms with Gasteiger partial charge < -0.3 is 20.6 Å². The van der Waals surface area contributed by atoms with Crippen LogP contribution in [0, 0.1) is 0 Å². The molecule has 2 aromatic carbocycles. The minimum atomic E-state index is -0.985. The number of nitrogens with zero attached hydrogens (tertiary/aromatic N) is 3. The number of amides is 1. The summed E-state index contributed by atoms with van der Waals surface area (Å²) < 4.78 is 0. The Kier molecular flexibility index (Phi) is 4.82. The summed E-state index contributed by atoms with van der Waals surface area (Å²) in [4.78, 5) is 34.2. The largest absolute Gasteiger partial charge is 0.478 e. The molecule has 8 nitrogen and oxygen atoms in total. The summed E-state index contributed by atoms with van der Waals surface area (Å²) in [6, 6.07) is 16.0. The molecule has 8 heteroatoms. The van der Waals surface area contributed by atoms with Crippen molar-refractivity contribution in [2.45, 2.75) is 19.4 Å². The molecule has 2 heterocycles. The fourth-order valence-electron chi connectivity index (χ4n) is 3.27. The normalized spacial score (nSPS) is 15.8. The maximum atomic E-state index is 12.2. The van der Waals surface area contributed by atoms with Gasteiger partial charge >= 0.3 is 5.97 Å². The fourth-order valence-corrected chi connectivity index (χ4v) is 3.27. The molecule has 0 spiro atoms. The third-order valence-corrected chi connectivity index (χ3v) is 4.61. The number of rotatable bonds is 4. The van der Waals surface area contributed by atoms with Crippen LogP contribution in [0.15, 0.2) is 60.8 Å². The van der Waals surface area contributed by atoms with E-state index in [4.69, 9.17) is 5.11 Å². The van der Waals surface area contributed by atoms with Crippen molar-refractivity contribution in [3.05, 3.63) is 66.4 Å². The van der Waals surface area contributed by atoms with E-state index in [-0.39, 0.29) is 17.5 Å². The Bertz CT molecular complexity index is 1050. The highest BCUT2D eigenvalue weighted by atomic mass is 16.4. The van der Waals surface area contributed by atoms with Gasteiger partial charge in [0.2, 0.25) is 11.9 Å². The first-order valence-electron chi connectivity index (χ1n) is 9.13. The Morgan fingerprint density at radius 1 is 1.17 bits per heavy atom. The number of hydrogen-bond donors (Lipinski definition) is 3. The molecule has 0 fully saturated rings. The van der Waals surface area contributed by atoms with Crippen LogP contribution < -0.4 is 15.5 Å². The van der Waals surface area contributed by atoms with E-state index in [0.717, 1.165) is 5.69 Å². The van der Waals surface area contributed by atoms with Gasteiger partial charge in [0.15, 0.2) is 5.82 Å². The molecule has 0 saturated carbocycles. The van der Waals surface area contributed by atoms with Crippen LogP contribution in [-0.2, 0) is 4.79 Å². The van der Waals surface area contributed by atoms with Gasteiger partial charge in [-0.15, -0.1) is 0 Å². The number of benzene rings is 2. The highest BCUT2D eigenvalue weighted by Gasteiger charge is 2.28. The lowest BCUT2D eigenvalue weighted by Gasteiger charge is -2.29. The van der Waals surface area contributed by atoms with Crippen molar-refractivity contribution in [3.8, 4) is 0 Å². The zero-order chi connectivity index (χ0) is 20.4. The van der Waals surface area contributed by atoms with Crippen LogP contribution in [0.2, 0.25) is 0 Å².